The molecule has 0 fully saturated rings. The Morgan fingerprint density at radius 1 is 1.10 bits per heavy atom. The van der Waals surface area contributed by atoms with Gasteiger partial charge in [-0.2, -0.15) is 5.26 Å². The lowest BCUT2D eigenvalue weighted by atomic mass is 10.2. The number of para-hydroxylation sites is 1. The van der Waals surface area contributed by atoms with Crippen molar-refractivity contribution in [2.24, 2.45) is 0 Å². The van der Waals surface area contributed by atoms with Crippen LogP contribution in [0.1, 0.15) is 5.56 Å². The fourth-order valence-corrected chi connectivity index (χ4v) is 3.83. The molecule has 0 spiro atoms. The minimum atomic E-state index is -0.418. The normalized spacial score (nSPS) is 10.6. The van der Waals surface area contributed by atoms with Gasteiger partial charge in [0.25, 0.3) is 5.56 Å². The van der Waals surface area contributed by atoms with Crippen molar-refractivity contribution in [2.75, 3.05) is 11.1 Å². The van der Waals surface area contributed by atoms with Crippen molar-refractivity contribution < 1.29 is 9.18 Å². The summed E-state index contributed by atoms with van der Waals surface area (Å²) in [4.78, 5) is 30.1. The van der Waals surface area contributed by atoms with Gasteiger partial charge in [-0.25, -0.2) is 9.37 Å². The van der Waals surface area contributed by atoms with Crippen molar-refractivity contribution in [1.82, 2.24) is 9.55 Å². The number of anilines is 1. The SMILES string of the molecule is N#Cc1cccc(NC(=O)CSc2nc3ccccc3c(=O)n2-c2ccc(F)cc2)c1. The Hall–Kier alpha value is -3.96. The summed E-state index contributed by atoms with van der Waals surface area (Å²) < 4.78 is 14.8. The zero-order valence-corrected chi connectivity index (χ0v) is 16.9. The molecule has 0 atom stereocenters. The van der Waals surface area contributed by atoms with Gasteiger partial charge in [-0.3, -0.25) is 14.2 Å². The maximum Gasteiger partial charge on any atom is 0.266 e. The Kier molecular flexibility index (Phi) is 5.78. The molecule has 0 radical (unpaired) electrons. The Labute approximate surface area is 181 Å². The topological polar surface area (TPSA) is 87.8 Å². The summed E-state index contributed by atoms with van der Waals surface area (Å²) >= 11 is 1.09. The number of halogens is 1. The van der Waals surface area contributed by atoms with Gasteiger partial charge < -0.3 is 5.32 Å². The maximum absolute atomic E-state index is 13.4. The molecule has 4 aromatic rings. The summed E-state index contributed by atoms with van der Waals surface area (Å²) in [6.07, 6.45) is 0. The number of amides is 1. The summed E-state index contributed by atoms with van der Waals surface area (Å²) in [6, 6.07) is 21.0. The Morgan fingerprint density at radius 3 is 2.65 bits per heavy atom. The fraction of sp³-hybridized carbons (Fsp3) is 0.0435. The van der Waals surface area contributed by atoms with Crippen LogP contribution in [-0.4, -0.2) is 21.2 Å². The van der Waals surface area contributed by atoms with Gasteiger partial charge in [-0.1, -0.05) is 30.0 Å². The highest BCUT2D eigenvalue weighted by Gasteiger charge is 2.15. The first-order valence-electron chi connectivity index (χ1n) is 9.26. The van der Waals surface area contributed by atoms with Gasteiger partial charge >= 0.3 is 0 Å². The zero-order valence-electron chi connectivity index (χ0n) is 16.1. The van der Waals surface area contributed by atoms with Crippen LogP contribution in [0, 0.1) is 17.1 Å². The highest BCUT2D eigenvalue weighted by atomic mass is 32.2. The van der Waals surface area contributed by atoms with Crippen molar-refractivity contribution in [2.45, 2.75) is 5.16 Å². The first-order chi connectivity index (χ1) is 15.0. The first kappa shape index (κ1) is 20.3. The van der Waals surface area contributed by atoms with Gasteiger partial charge in [0.15, 0.2) is 5.16 Å². The molecule has 4 rings (SSSR count). The Balaban J connectivity index is 1.65. The predicted octanol–water partition coefficient (Wildman–Crippen LogP) is 4.13. The van der Waals surface area contributed by atoms with Gasteiger partial charge in [0.1, 0.15) is 5.82 Å². The molecule has 3 aromatic carbocycles. The molecular weight excluding hydrogens is 415 g/mol. The third kappa shape index (κ3) is 4.47. The van der Waals surface area contributed by atoms with Crippen LogP contribution in [0.25, 0.3) is 16.6 Å². The minimum absolute atomic E-state index is 0.0112. The molecule has 0 aliphatic carbocycles. The number of rotatable bonds is 5. The van der Waals surface area contributed by atoms with E-state index in [9.17, 15) is 14.0 Å². The van der Waals surface area contributed by atoms with E-state index in [4.69, 9.17) is 5.26 Å². The summed E-state index contributed by atoms with van der Waals surface area (Å²) in [7, 11) is 0. The summed E-state index contributed by atoms with van der Waals surface area (Å²) in [5.74, 6) is -0.741. The summed E-state index contributed by atoms with van der Waals surface area (Å²) in [6.45, 7) is 0. The highest BCUT2D eigenvalue weighted by Crippen LogP contribution is 2.22. The number of hydrogen-bond donors (Lipinski definition) is 1. The largest absolute Gasteiger partial charge is 0.325 e. The predicted molar refractivity (Wildman–Crippen MR) is 118 cm³/mol. The minimum Gasteiger partial charge on any atom is -0.325 e. The fourth-order valence-electron chi connectivity index (χ4n) is 3.02. The molecule has 1 aromatic heterocycles. The average Bonchev–Trinajstić information content (AvgIpc) is 2.79. The molecule has 1 amide bonds. The number of nitriles is 1. The van der Waals surface area contributed by atoms with E-state index in [2.05, 4.69) is 10.3 Å². The number of aromatic nitrogens is 2. The second-order valence-corrected chi connectivity index (χ2v) is 7.50. The monoisotopic (exact) mass is 430 g/mol. The number of carbonyl (C=O) groups excluding carboxylic acids is 1. The van der Waals surface area contributed by atoms with E-state index in [1.54, 1.807) is 48.5 Å². The molecule has 0 aliphatic heterocycles. The third-order valence-corrected chi connectivity index (χ3v) is 5.38. The number of carbonyl (C=O) groups is 1. The van der Waals surface area contributed by atoms with E-state index in [1.165, 1.54) is 28.8 Å². The molecule has 0 saturated carbocycles. The summed E-state index contributed by atoms with van der Waals surface area (Å²) in [5.41, 5.74) is 1.60. The van der Waals surface area contributed by atoms with Crippen LogP contribution >= 0.6 is 11.8 Å². The molecule has 31 heavy (non-hydrogen) atoms. The smallest absolute Gasteiger partial charge is 0.266 e. The van der Waals surface area contributed by atoms with Crippen LogP contribution in [0.15, 0.2) is 82.7 Å². The zero-order chi connectivity index (χ0) is 21.8. The van der Waals surface area contributed by atoms with Gasteiger partial charge in [0, 0.05) is 5.69 Å². The van der Waals surface area contributed by atoms with Crippen molar-refractivity contribution >= 4 is 34.3 Å². The molecular formula is C23H15FN4O2S. The lowest BCUT2D eigenvalue weighted by Crippen LogP contribution is -2.23. The van der Waals surface area contributed by atoms with Crippen molar-refractivity contribution in [3.8, 4) is 11.8 Å². The van der Waals surface area contributed by atoms with Crippen LogP contribution in [-0.2, 0) is 4.79 Å². The Morgan fingerprint density at radius 2 is 1.87 bits per heavy atom. The average molecular weight is 430 g/mol. The van der Waals surface area contributed by atoms with Crippen molar-refractivity contribution in [3.05, 3.63) is 94.5 Å². The molecule has 8 heteroatoms. The number of nitrogens with one attached hydrogen (secondary N) is 1. The van der Waals surface area contributed by atoms with E-state index >= 15 is 0 Å². The van der Waals surface area contributed by atoms with Crippen LogP contribution in [0.2, 0.25) is 0 Å². The number of benzene rings is 3. The van der Waals surface area contributed by atoms with Crippen molar-refractivity contribution in [3.63, 3.8) is 0 Å². The third-order valence-electron chi connectivity index (χ3n) is 4.44. The second-order valence-electron chi connectivity index (χ2n) is 6.56. The number of fused-ring (bicyclic) bond motifs is 1. The molecule has 1 heterocycles. The molecule has 0 unspecified atom stereocenters. The van der Waals surface area contributed by atoms with Crippen LogP contribution < -0.4 is 10.9 Å². The first-order valence-corrected chi connectivity index (χ1v) is 10.2. The van der Waals surface area contributed by atoms with Gasteiger partial charge in [0.2, 0.25) is 5.91 Å². The maximum atomic E-state index is 13.4. The molecule has 152 valence electrons. The van der Waals surface area contributed by atoms with E-state index in [0.717, 1.165) is 11.8 Å². The lowest BCUT2D eigenvalue weighted by molar-refractivity contribution is -0.113. The molecule has 6 nitrogen and oxygen atoms in total. The quantitative estimate of drug-likeness (QED) is 0.380. The van der Waals surface area contributed by atoms with E-state index in [1.807, 2.05) is 6.07 Å². The lowest BCUT2D eigenvalue weighted by Gasteiger charge is -2.13. The second kappa shape index (κ2) is 8.81. The van der Waals surface area contributed by atoms with Crippen LogP contribution in [0.4, 0.5) is 10.1 Å². The Bertz CT molecular complexity index is 1380. The standard InChI is InChI=1S/C23H15FN4O2S/c24-16-8-10-18(11-9-16)28-22(30)19-6-1-2-7-20(19)27-23(28)31-14-21(29)26-17-5-3-4-15(12-17)13-25/h1-12H,14H2,(H,26,29). The molecule has 0 saturated heterocycles. The molecule has 0 aliphatic rings. The highest BCUT2D eigenvalue weighted by molar-refractivity contribution is 7.99. The van der Waals surface area contributed by atoms with Gasteiger partial charge in [-0.15, -0.1) is 0 Å². The summed E-state index contributed by atoms with van der Waals surface area (Å²) in [5, 5.41) is 12.5. The number of hydrogen-bond acceptors (Lipinski definition) is 5. The van der Waals surface area contributed by atoms with E-state index < -0.39 is 5.82 Å². The van der Waals surface area contributed by atoms with E-state index in [0.29, 0.717) is 33.0 Å². The van der Waals surface area contributed by atoms with Crippen LogP contribution in [0.5, 0.6) is 0 Å². The van der Waals surface area contributed by atoms with Gasteiger partial charge in [-0.05, 0) is 54.6 Å². The van der Waals surface area contributed by atoms with Gasteiger partial charge in [0.05, 0.1) is 34.0 Å². The molecule has 0 bridgehead atoms. The van der Waals surface area contributed by atoms with Crippen LogP contribution in [0.3, 0.4) is 0 Å². The number of nitrogens with zero attached hydrogens (tertiary/aromatic N) is 3. The molecule has 1 N–H and O–H groups in total. The van der Waals surface area contributed by atoms with Crippen molar-refractivity contribution in [1.29, 1.82) is 5.26 Å². The number of thioether (sulfide) groups is 1. The van der Waals surface area contributed by atoms with E-state index in [-0.39, 0.29) is 17.2 Å².